The number of nitrogens with one attached hydrogen (secondary N) is 1. The standard InChI is InChI=1S/C45H43N3O4S/c1-5-48(25-34-21-30(3)42(31(4)22-34)51-26-33-14-10-12-29(2)20-33)44(49)41-28-53-43(47-41)35-15-11-13-32(23-35)24-46-45(50)52-27-40-38-18-8-6-16-36(38)37-17-7-9-19-39(37)40/h6-23,28,40H,5,24-27H2,1-4H3,(H,46,50). The quantitative estimate of drug-likeness (QED) is 0.136. The molecule has 1 heterocycles. The molecule has 1 aliphatic rings. The number of thiazole rings is 1. The first-order chi connectivity index (χ1) is 25.8. The van der Waals surface area contributed by atoms with Gasteiger partial charge in [0.1, 0.15) is 29.7 Å². The average molecular weight is 722 g/mol. The van der Waals surface area contributed by atoms with Crippen molar-refractivity contribution in [3.05, 3.63) is 165 Å². The summed E-state index contributed by atoms with van der Waals surface area (Å²) in [7, 11) is 0. The van der Waals surface area contributed by atoms with E-state index in [0.717, 1.165) is 44.1 Å². The lowest BCUT2D eigenvalue weighted by Gasteiger charge is -2.21. The molecule has 1 aromatic heterocycles. The van der Waals surface area contributed by atoms with Crippen molar-refractivity contribution in [2.75, 3.05) is 13.2 Å². The number of hydrogen-bond donors (Lipinski definition) is 1. The second-order valence-electron chi connectivity index (χ2n) is 13.6. The molecule has 0 fully saturated rings. The molecule has 0 aliphatic heterocycles. The molecule has 5 aromatic carbocycles. The van der Waals surface area contributed by atoms with E-state index in [4.69, 9.17) is 14.5 Å². The number of ether oxygens (including phenoxy) is 2. The zero-order valence-electron chi connectivity index (χ0n) is 30.5. The van der Waals surface area contributed by atoms with Crippen molar-refractivity contribution < 1.29 is 19.1 Å². The van der Waals surface area contributed by atoms with E-state index >= 15 is 0 Å². The van der Waals surface area contributed by atoms with Gasteiger partial charge in [0, 0.05) is 36.5 Å². The van der Waals surface area contributed by atoms with Gasteiger partial charge in [0.2, 0.25) is 0 Å². The molecule has 0 saturated heterocycles. The lowest BCUT2D eigenvalue weighted by molar-refractivity contribution is 0.0747. The van der Waals surface area contributed by atoms with Gasteiger partial charge in [0.15, 0.2) is 0 Å². The predicted molar refractivity (Wildman–Crippen MR) is 211 cm³/mol. The molecule has 0 bridgehead atoms. The monoisotopic (exact) mass is 721 g/mol. The summed E-state index contributed by atoms with van der Waals surface area (Å²) in [5, 5.41) is 5.46. The van der Waals surface area contributed by atoms with Gasteiger partial charge in [-0.15, -0.1) is 11.3 Å². The Balaban J connectivity index is 0.946. The lowest BCUT2D eigenvalue weighted by atomic mass is 9.98. The zero-order chi connectivity index (χ0) is 36.9. The van der Waals surface area contributed by atoms with Gasteiger partial charge in [0.05, 0.1) is 0 Å². The zero-order valence-corrected chi connectivity index (χ0v) is 31.3. The minimum absolute atomic E-state index is 0.00457. The van der Waals surface area contributed by atoms with Gasteiger partial charge in [0.25, 0.3) is 5.91 Å². The summed E-state index contributed by atoms with van der Waals surface area (Å²) in [5.74, 6) is 0.771. The van der Waals surface area contributed by atoms with Crippen LogP contribution in [0.5, 0.6) is 5.75 Å². The molecule has 0 atom stereocenters. The van der Waals surface area contributed by atoms with Crippen LogP contribution >= 0.6 is 11.3 Å². The van der Waals surface area contributed by atoms with Crippen LogP contribution < -0.4 is 10.1 Å². The van der Waals surface area contributed by atoms with E-state index in [1.54, 1.807) is 0 Å². The van der Waals surface area contributed by atoms with Crippen LogP contribution in [-0.2, 0) is 24.4 Å². The van der Waals surface area contributed by atoms with Crippen molar-refractivity contribution in [1.29, 1.82) is 0 Å². The first-order valence-corrected chi connectivity index (χ1v) is 18.9. The molecule has 1 N–H and O–H groups in total. The Morgan fingerprint density at radius 3 is 2.17 bits per heavy atom. The summed E-state index contributed by atoms with van der Waals surface area (Å²) in [6.45, 7) is 10.3. The number of rotatable bonds is 12. The maximum Gasteiger partial charge on any atom is 0.407 e. The molecule has 53 heavy (non-hydrogen) atoms. The van der Waals surface area contributed by atoms with Crippen molar-refractivity contribution in [1.82, 2.24) is 15.2 Å². The van der Waals surface area contributed by atoms with Gasteiger partial charge in [-0.05, 0) is 83.8 Å². The van der Waals surface area contributed by atoms with Crippen LogP contribution in [0.15, 0.2) is 115 Å². The number of nitrogens with zero attached hydrogens (tertiary/aromatic N) is 2. The largest absolute Gasteiger partial charge is 0.488 e. The second kappa shape index (κ2) is 15.9. The van der Waals surface area contributed by atoms with Crippen molar-refractivity contribution in [2.45, 2.75) is 53.3 Å². The molecular formula is C45H43N3O4S. The Bertz CT molecular complexity index is 2210. The number of aryl methyl sites for hydroxylation is 3. The van der Waals surface area contributed by atoms with E-state index in [1.807, 2.05) is 85.6 Å². The van der Waals surface area contributed by atoms with Gasteiger partial charge < -0.3 is 19.7 Å². The number of aromatic nitrogens is 1. The van der Waals surface area contributed by atoms with Crippen LogP contribution in [0.1, 0.15) is 67.8 Å². The second-order valence-corrected chi connectivity index (χ2v) is 14.4. The number of carbonyl (C=O) groups is 2. The summed E-state index contributed by atoms with van der Waals surface area (Å²) < 4.78 is 11.9. The summed E-state index contributed by atoms with van der Waals surface area (Å²) in [5.41, 5.74) is 12.4. The van der Waals surface area contributed by atoms with Crippen LogP contribution in [0.25, 0.3) is 21.7 Å². The van der Waals surface area contributed by atoms with Gasteiger partial charge in [-0.3, -0.25) is 4.79 Å². The number of benzene rings is 5. The molecule has 0 spiro atoms. The van der Waals surface area contributed by atoms with E-state index < -0.39 is 6.09 Å². The highest BCUT2D eigenvalue weighted by atomic mass is 32.1. The van der Waals surface area contributed by atoms with Crippen molar-refractivity contribution >= 4 is 23.3 Å². The fourth-order valence-corrected chi connectivity index (χ4v) is 7.96. The Hall–Kier alpha value is -5.73. The molecule has 2 amide bonds. The fourth-order valence-electron chi connectivity index (χ4n) is 7.17. The maximum absolute atomic E-state index is 13.7. The van der Waals surface area contributed by atoms with Crippen molar-refractivity contribution in [3.8, 4) is 27.4 Å². The van der Waals surface area contributed by atoms with E-state index in [9.17, 15) is 9.59 Å². The molecule has 0 unspecified atom stereocenters. The summed E-state index contributed by atoms with van der Waals surface area (Å²) in [4.78, 5) is 33.0. The normalized spacial score (nSPS) is 11.8. The summed E-state index contributed by atoms with van der Waals surface area (Å²) >= 11 is 1.43. The Morgan fingerprint density at radius 2 is 1.47 bits per heavy atom. The topological polar surface area (TPSA) is 80.8 Å². The molecule has 0 saturated carbocycles. The van der Waals surface area contributed by atoms with Gasteiger partial charge in [-0.1, -0.05) is 109 Å². The highest BCUT2D eigenvalue weighted by Gasteiger charge is 2.29. The van der Waals surface area contributed by atoms with Gasteiger partial charge in [-0.25, -0.2) is 9.78 Å². The van der Waals surface area contributed by atoms with E-state index in [0.29, 0.717) is 31.9 Å². The summed E-state index contributed by atoms with van der Waals surface area (Å²) in [6.07, 6.45) is -0.464. The third kappa shape index (κ3) is 8.03. The van der Waals surface area contributed by atoms with Crippen LogP contribution in [0.3, 0.4) is 0 Å². The molecule has 1 aliphatic carbocycles. The minimum atomic E-state index is -0.464. The lowest BCUT2D eigenvalue weighted by Crippen LogP contribution is -2.30. The van der Waals surface area contributed by atoms with Gasteiger partial charge >= 0.3 is 6.09 Å². The van der Waals surface area contributed by atoms with Crippen molar-refractivity contribution in [3.63, 3.8) is 0 Å². The van der Waals surface area contributed by atoms with Crippen LogP contribution in [0, 0.1) is 20.8 Å². The predicted octanol–water partition coefficient (Wildman–Crippen LogP) is 10.0. The van der Waals surface area contributed by atoms with E-state index in [1.165, 1.54) is 39.2 Å². The number of amides is 2. The van der Waals surface area contributed by atoms with E-state index in [-0.39, 0.29) is 18.4 Å². The molecule has 6 aromatic rings. The Kier molecular flexibility index (Phi) is 10.7. The molecule has 7 rings (SSSR count). The number of hydrogen-bond acceptors (Lipinski definition) is 6. The smallest absolute Gasteiger partial charge is 0.407 e. The third-order valence-electron chi connectivity index (χ3n) is 9.71. The number of alkyl carbamates (subject to hydrolysis) is 1. The SMILES string of the molecule is CCN(Cc1cc(C)c(OCc2cccc(C)c2)c(C)c1)C(=O)c1csc(-c2cccc(CNC(=O)OCC3c4ccccc4-c4ccccc43)c2)n1. The van der Waals surface area contributed by atoms with Gasteiger partial charge in [-0.2, -0.15) is 0 Å². The minimum Gasteiger partial charge on any atom is -0.488 e. The Labute approximate surface area is 315 Å². The number of fused-ring (bicyclic) bond motifs is 3. The van der Waals surface area contributed by atoms with E-state index in [2.05, 4.69) is 66.8 Å². The first kappa shape index (κ1) is 35.7. The maximum atomic E-state index is 13.7. The summed E-state index contributed by atoms with van der Waals surface area (Å²) in [6, 6.07) is 37.0. The molecular weight excluding hydrogens is 679 g/mol. The number of carbonyl (C=O) groups excluding carboxylic acids is 2. The molecule has 268 valence electrons. The average Bonchev–Trinajstić information content (AvgIpc) is 3.79. The third-order valence-corrected chi connectivity index (χ3v) is 10.6. The van der Waals surface area contributed by atoms with Crippen LogP contribution in [-0.4, -0.2) is 35.0 Å². The van der Waals surface area contributed by atoms with Crippen molar-refractivity contribution in [2.24, 2.45) is 0 Å². The highest BCUT2D eigenvalue weighted by Crippen LogP contribution is 2.44. The van der Waals surface area contributed by atoms with Crippen LogP contribution in [0.4, 0.5) is 4.79 Å². The Morgan fingerprint density at radius 1 is 0.792 bits per heavy atom. The molecule has 0 radical (unpaired) electrons. The first-order valence-electron chi connectivity index (χ1n) is 18.0. The fraction of sp³-hybridized carbons (Fsp3) is 0.222. The highest BCUT2D eigenvalue weighted by molar-refractivity contribution is 7.13. The molecule has 7 nitrogen and oxygen atoms in total. The van der Waals surface area contributed by atoms with Crippen LogP contribution in [0.2, 0.25) is 0 Å². The molecule has 8 heteroatoms.